The normalized spacial score (nSPS) is 19.2. The number of ether oxygens (including phenoxy) is 1. The fourth-order valence-electron chi connectivity index (χ4n) is 3.07. The van der Waals surface area contributed by atoms with E-state index in [1.54, 1.807) is 6.92 Å². The first-order valence-electron chi connectivity index (χ1n) is 8.26. The molecule has 0 aromatic carbocycles. The molecule has 2 nitrogen and oxygen atoms in total. The van der Waals surface area contributed by atoms with E-state index in [1.807, 2.05) is 0 Å². The molecule has 0 aliphatic heterocycles. The van der Waals surface area contributed by atoms with Crippen molar-refractivity contribution in [1.82, 2.24) is 0 Å². The molecule has 1 rings (SSSR count). The van der Waals surface area contributed by atoms with Crippen molar-refractivity contribution in [2.45, 2.75) is 83.7 Å². The summed E-state index contributed by atoms with van der Waals surface area (Å²) in [5, 5.41) is 0. The smallest absolute Gasteiger partial charge is 0.406 e. The Hall–Kier alpha value is -0.950. The van der Waals surface area contributed by atoms with E-state index in [0.29, 0.717) is 19.3 Å². The monoisotopic (exact) mass is 362 g/mol. The van der Waals surface area contributed by atoms with Gasteiger partial charge in [-0.3, -0.25) is 4.79 Å². The minimum Gasteiger partial charge on any atom is -0.461 e. The summed E-state index contributed by atoms with van der Waals surface area (Å²) in [5.41, 5.74) is -4.07. The van der Waals surface area contributed by atoms with Crippen LogP contribution in [0.5, 0.6) is 0 Å². The van der Waals surface area contributed by atoms with Crippen LogP contribution in [0, 0.1) is 11.3 Å². The Labute approximate surface area is 137 Å². The molecule has 24 heavy (non-hydrogen) atoms. The Morgan fingerprint density at radius 1 is 1.04 bits per heavy atom. The summed E-state index contributed by atoms with van der Waals surface area (Å²) in [6.07, 6.45) is -10.1. The van der Waals surface area contributed by atoms with Gasteiger partial charge >= 0.3 is 18.3 Å². The number of rotatable bonds is 6. The van der Waals surface area contributed by atoms with Crippen molar-refractivity contribution in [3.63, 3.8) is 0 Å². The van der Waals surface area contributed by atoms with Crippen LogP contribution in [0.3, 0.4) is 0 Å². The van der Waals surface area contributed by atoms with Gasteiger partial charge in [-0.05, 0) is 25.7 Å². The third kappa shape index (κ3) is 4.79. The summed E-state index contributed by atoms with van der Waals surface area (Å²) in [6.45, 7) is 1.70. The number of alkyl halides is 6. The molecule has 0 saturated heterocycles. The van der Waals surface area contributed by atoms with Gasteiger partial charge in [-0.1, -0.05) is 39.0 Å². The molecular weight excluding hydrogens is 338 g/mol. The highest BCUT2D eigenvalue weighted by Crippen LogP contribution is 2.54. The lowest BCUT2D eigenvalue weighted by Crippen LogP contribution is -2.57. The van der Waals surface area contributed by atoms with Crippen LogP contribution in [0.1, 0.15) is 65.2 Å². The number of hydrogen-bond donors (Lipinski definition) is 0. The second kappa shape index (κ2) is 7.95. The van der Waals surface area contributed by atoms with Crippen molar-refractivity contribution >= 4 is 5.97 Å². The molecular formula is C16H24F6O2. The van der Waals surface area contributed by atoms with E-state index in [2.05, 4.69) is 0 Å². The van der Waals surface area contributed by atoms with Gasteiger partial charge in [0.15, 0.2) is 5.41 Å². The van der Waals surface area contributed by atoms with Crippen LogP contribution >= 0.6 is 0 Å². The molecule has 1 saturated carbocycles. The summed E-state index contributed by atoms with van der Waals surface area (Å²) in [6, 6.07) is 0. The largest absolute Gasteiger partial charge is 0.461 e. The molecule has 0 aromatic heterocycles. The van der Waals surface area contributed by atoms with Crippen LogP contribution in [0.4, 0.5) is 26.3 Å². The predicted octanol–water partition coefficient (Wildman–Crippen LogP) is 5.80. The van der Waals surface area contributed by atoms with Crippen molar-refractivity contribution in [3.8, 4) is 0 Å². The summed E-state index contributed by atoms with van der Waals surface area (Å²) in [7, 11) is 0. The molecule has 0 N–H and O–H groups in total. The molecule has 1 aliphatic carbocycles. The Morgan fingerprint density at radius 3 is 1.96 bits per heavy atom. The molecule has 0 amide bonds. The lowest BCUT2D eigenvalue weighted by molar-refractivity contribution is -0.360. The average Bonchev–Trinajstić information content (AvgIpc) is 2.44. The topological polar surface area (TPSA) is 26.3 Å². The van der Waals surface area contributed by atoms with Crippen molar-refractivity contribution < 1.29 is 35.9 Å². The molecule has 1 aliphatic rings. The van der Waals surface area contributed by atoms with Crippen LogP contribution in [0.15, 0.2) is 0 Å². The lowest BCUT2D eigenvalue weighted by atomic mass is 9.75. The van der Waals surface area contributed by atoms with Gasteiger partial charge in [0.2, 0.25) is 0 Å². The van der Waals surface area contributed by atoms with E-state index in [4.69, 9.17) is 4.74 Å². The summed E-state index contributed by atoms with van der Waals surface area (Å²) in [4.78, 5) is 11.6. The third-order valence-corrected chi connectivity index (χ3v) is 4.82. The van der Waals surface area contributed by atoms with E-state index < -0.39 is 36.3 Å². The van der Waals surface area contributed by atoms with Crippen molar-refractivity contribution in [2.75, 3.05) is 0 Å². The molecule has 0 spiro atoms. The zero-order chi connectivity index (χ0) is 18.6. The molecule has 0 heterocycles. The Bertz CT molecular complexity index is 396. The van der Waals surface area contributed by atoms with Crippen LogP contribution in [0.2, 0.25) is 0 Å². The highest BCUT2D eigenvalue weighted by atomic mass is 19.4. The maximum absolute atomic E-state index is 13.3. The fraction of sp³-hybridized carbons (Fsp3) is 0.938. The van der Waals surface area contributed by atoms with Gasteiger partial charge in [0, 0.05) is 6.42 Å². The minimum atomic E-state index is -5.56. The van der Waals surface area contributed by atoms with Crippen molar-refractivity contribution in [3.05, 3.63) is 0 Å². The molecule has 0 radical (unpaired) electrons. The van der Waals surface area contributed by atoms with Crippen molar-refractivity contribution in [2.24, 2.45) is 11.3 Å². The second-order valence-electron chi connectivity index (χ2n) is 6.67. The first-order chi connectivity index (χ1) is 10.9. The van der Waals surface area contributed by atoms with Gasteiger partial charge in [0.05, 0.1) is 0 Å². The van der Waals surface area contributed by atoms with Crippen LogP contribution in [-0.2, 0) is 9.53 Å². The standard InChI is InChI=1S/C16H24F6O2/c1-3-7-13(23)24-12(10-11-8-5-4-6-9-11)14(2,15(17,18)19)16(20,21)22/h11-12H,3-10H2,1-2H3. The third-order valence-electron chi connectivity index (χ3n) is 4.82. The Kier molecular flexibility index (Phi) is 6.99. The molecule has 8 heteroatoms. The highest BCUT2D eigenvalue weighted by Gasteiger charge is 2.72. The maximum Gasteiger partial charge on any atom is 0.406 e. The second-order valence-corrected chi connectivity index (χ2v) is 6.67. The molecule has 1 atom stereocenters. The van der Waals surface area contributed by atoms with E-state index in [9.17, 15) is 31.1 Å². The van der Waals surface area contributed by atoms with Crippen molar-refractivity contribution in [1.29, 1.82) is 0 Å². The van der Waals surface area contributed by atoms with E-state index in [1.165, 1.54) is 0 Å². The maximum atomic E-state index is 13.3. The number of esters is 1. The van der Waals surface area contributed by atoms with Crippen LogP contribution in [0.25, 0.3) is 0 Å². The van der Waals surface area contributed by atoms with Gasteiger partial charge in [0.25, 0.3) is 0 Å². The van der Waals surface area contributed by atoms with E-state index in [0.717, 1.165) is 19.3 Å². The fourth-order valence-corrected chi connectivity index (χ4v) is 3.07. The van der Waals surface area contributed by atoms with E-state index >= 15 is 0 Å². The minimum absolute atomic E-state index is 0.0969. The SMILES string of the molecule is CCCC(=O)OC(CC1CCCCC1)C(C)(C(F)(F)F)C(F)(F)F. The van der Waals surface area contributed by atoms with E-state index in [-0.39, 0.29) is 19.3 Å². The zero-order valence-corrected chi connectivity index (χ0v) is 13.9. The molecule has 0 bridgehead atoms. The number of carbonyl (C=O) groups excluding carboxylic acids is 1. The average molecular weight is 362 g/mol. The first-order valence-corrected chi connectivity index (χ1v) is 8.26. The van der Waals surface area contributed by atoms with Gasteiger partial charge in [-0.2, -0.15) is 26.3 Å². The summed E-state index contributed by atoms with van der Waals surface area (Å²) < 4.78 is 84.7. The summed E-state index contributed by atoms with van der Waals surface area (Å²) in [5.74, 6) is -1.31. The highest BCUT2D eigenvalue weighted by molar-refractivity contribution is 5.69. The number of hydrogen-bond acceptors (Lipinski definition) is 2. The Morgan fingerprint density at radius 2 is 1.54 bits per heavy atom. The molecule has 1 fully saturated rings. The molecule has 0 aromatic rings. The zero-order valence-electron chi connectivity index (χ0n) is 13.9. The number of carbonyl (C=O) groups is 1. The number of halogens is 6. The van der Waals surface area contributed by atoms with Gasteiger partial charge in [-0.15, -0.1) is 0 Å². The van der Waals surface area contributed by atoms with Gasteiger partial charge < -0.3 is 4.74 Å². The predicted molar refractivity (Wildman–Crippen MR) is 76.2 cm³/mol. The quantitative estimate of drug-likeness (QED) is 0.441. The van der Waals surface area contributed by atoms with Gasteiger partial charge in [0.1, 0.15) is 6.10 Å². The molecule has 1 unspecified atom stereocenters. The lowest BCUT2D eigenvalue weighted by Gasteiger charge is -2.41. The molecule has 142 valence electrons. The Balaban J connectivity index is 3.13. The van der Waals surface area contributed by atoms with Gasteiger partial charge in [-0.25, -0.2) is 0 Å². The van der Waals surface area contributed by atoms with Crippen LogP contribution < -0.4 is 0 Å². The van der Waals surface area contributed by atoms with Crippen LogP contribution in [-0.4, -0.2) is 24.4 Å². The first kappa shape index (κ1) is 21.1. The summed E-state index contributed by atoms with van der Waals surface area (Å²) >= 11 is 0.